The largest absolute Gasteiger partial charge is 0.508 e. The van der Waals surface area contributed by atoms with Crippen molar-refractivity contribution in [1.82, 2.24) is 14.9 Å². The zero-order valence-corrected chi connectivity index (χ0v) is 20.5. The number of halogens is 1. The van der Waals surface area contributed by atoms with Gasteiger partial charge in [0.15, 0.2) is 5.96 Å². The molecule has 0 radical (unpaired) electrons. The van der Waals surface area contributed by atoms with Crippen LogP contribution in [0.2, 0.25) is 0 Å². The van der Waals surface area contributed by atoms with E-state index in [9.17, 15) is 13.5 Å². The number of aliphatic imine (C=N–C) groups is 1. The van der Waals surface area contributed by atoms with E-state index in [0.29, 0.717) is 49.9 Å². The number of sulfonamides is 1. The van der Waals surface area contributed by atoms with Gasteiger partial charge in [0.05, 0.1) is 19.4 Å². The van der Waals surface area contributed by atoms with E-state index in [0.717, 1.165) is 12.8 Å². The number of phenolic OH excluding ortho intramolecular Hbond substituents is 1. The average Bonchev–Trinajstić information content (AvgIpc) is 2.67. The Bertz CT molecular complexity index is 765. The third-order valence-electron chi connectivity index (χ3n) is 4.69. The van der Waals surface area contributed by atoms with Crippen LogP contribution < -0.4 is 15.4 Å². The van der Waals surface area contributed by atoms with Crippen LogP contribution in [-0.4, -0.2) is 62.3 Å². The topological polar surface area (TPSA) is 103 Å². The maximum Gasteiger partial charge on any atom is 0.214 e. The fourth-order valence-corrected chi connectivity index (χ4v) is 4.70. The number of methoxy groups -OCH3 is 1. The summed E-state index contributed by atoms with van der Waals surface area (Å²) in [5.74, 6) is 1.70. The van der Waals surface area contributed by atoms with E-state index in [2.05, 4.69) is 15.6 Å². The summed E-state index contributed by atoms with van der Waals surface area (Å²) in [5.41, 5.74) is 0.678. The molecule has 0 unspecified atom stereocenters. The first-order chi connectivity index (χ1) is 13.4. The molecule has 10 heteroatoms. The molecule has 1 heterocycles. The quantitative estimate of drug-likeness (QED) is 0.266. The van der Waals surface area contributed by atoms with Gasteiger partial charge in [0.1, 0.15) is 11.5 Å². The lowest BCUT2D eigenvalue weighted by Gasteiger charge is -2.32. The molecule has 1 fully saturated rings. The molecule has 0 amide bonds. The number of guanidine groups is 1. The van der Waals surface area contributed by atoms with Crippen LogP contribution in [0.4, 0.5) is 0 Å². The van der Waals surface area contributed by atoms with Gasteiger partial charge in [-0.25, -0.2) is 17.7 Å². The third-order valence-corrected chi connectivity index (χ3v) is 6.76. The lowest BCUT2D eigenvalue weighted by molar-refractivity contribution is 0.306. The number of hydrogen-bond donors (Lipinski definition) is 3. The van der Waals surface area contributed by atoms with Crippen molar-refractivity contribution in [3.05, 3.63) is 23.8 Å². The van der Waals surface area contributed by atoms with Crippen LogP contribution in [0.15, 0.2) is 23.2 Å². The van der Waals surface area contributed by atoms with Gasteiger partial charge in [-0.1, -0.05) is 6.92 Å². The van der Waals surface area contributed by atoms with Crippen LogP contribution in [-0.2, 0) is 16.6 Å². The predicted molar refractivity (Wildman–Crippen MR) is 127 cm³/mol. The Morgan fingerprint density at radius 2 is 2.00 bits per heavy atom. The number of nitrogens with zero attached hydrogens (tertiary/aromatic N) is 2. The Kier molecular flexibility index (Phi) is 11.0. The number of phenols is 1. The molecular weight excluding hydrogens is 507 g/mol. The van der Waals surface area contributed by atoms with Gasteiger partial charge in [0, 0.05) is 31.2 Å². The van der Waals surface area contributed by atoms with Crippen molar-refractivity contribution in [2.24, 2.45) is 4.99 Å². The summed E-state index contributed by atoms with van der Waals surface area (Å²) in [6.07, 6.45) is 2.10. The van der Waals surface area contributed by atoms with Gasteiger partial charge in [-0.2, -0.15) is 0 Å². The molecule has 1 aliphatic heterocycles. The summed E-state index contributed by atoms with van der Waals surface area (Å²) in [6.45, 7) is 5.93. The number of rotatable bonds is 8. The zero-order chi connectivity index (χ0) is 20.6. The predicted octanol–water partition coefficient (Wildman–Crippen LogP) is 2.28. The second kappa shape index (κ2) is 12.4. The highest BCUT2D eigenvalue weighted by molar-refractivity contribution is 14.0. The van der Waals surface area contributed by atoms with Crippen LogP contribution >= 0.6 is 24.0 Å². The normalized spacial score (nSPS) is 16.2. The highest BCUT2D eigenvalue weighted by atomic mass is 127. The van der Waals surface area contributed by atoms with Gasteiger partial charge in [0.25, 0.3) is 0 Å². The molecule has 1 aromatic rings. The second-order valence-corrected chi connectivity index (χ2v) is 8.91. The average molecular weight is 540 g/mol. The van der Waals surface area contributed by atoms with Crippen molar-refractivity contribution in [2.75, 3.05) is 32.5 Å². The van der Waals surface area contributed by atoms with Gasteiger partial charge in [-0.15, -0.1) is 24.0 Å². The monoisotopic (exact) mass is 540 g/mol. The fraction of sp³-hybridized carbons (Fsp3) is 0.632. The molecule has 1 saturated heterocycles. The highest BCUT2D eigenvalue weighted by Gasteiger charge is 2.27. The Hall–Kier alpha value is -1.27. The van der Waals surface area contributed by atoms with E-state index >= 15 is 0 Å². The SMILES string of the molecule is CCCS(=O)(=O)N1CCC(NC(=NCc2cc(OC)ccc2O)NCC)CC1.I. The molecule has 2 rings (SSSR count). The first kappa shape index (κ1) is 25.8. The third kappa shape index (κ3) is 7.82. The number of aromatic hydroxyl groups is 1. The molecule has 29 heavy (non-hydrogen) atoms. The molecule has 1 aromatic carbocycles. The van der Waals surface area contributed by atoms with Gasteiger partial charge in [-0.05, 0) is 44.4 Å². The molecule has 166 valence electrons. The molecule has 1 aliphatic rings. The van der Waals surface area contributed by atoms with Gasteiger partial charge in [0.2, 0.25) is 10.0 Å². The van der Waals surface area contributed by atoms with E-state index in [1.54, 1.807) is 29.6 Å². The minimum Gasteiger partial charge on any atom is -0.508 e. The maximum atomic E-state index is 12.2. The number of hydrogen-bond acceptors (Lipinski definition) is 5. The standard InChI is InChI=1S/C19H32N4O4S.HI/c1-4-12-28(25,26)23-10-8-16(9-11-23)22-19(20-5-2)21-14-15-13-17(27-3)6-7-18(15)24;/h6-7,13,16,24H,4-5,8-12,14H2,1-3H3,(H2,20,21,22);1H. The van der Waals surface area contributed by atoms with Crippen LogP contribution in [0.3, 0.4) is 0 Å². The zero-order valence-electron chi connectivity index (χ0n) is 17.3. The van der Waals surface area contributed by atoms with Crippen molar-refractivity contribution in [3.63, 3.8) is 0 Å². The van der Waals surface area contributed by atoms with E-state index in [1.165, 1.54) is 0 Å². The summed E-state index contributed by atoms with van der Waals surface area (Å²) in [7, 11) is -1.55. The second-order valence-electron chi connectivity index (χ2n) is 6.82. The smallest absolute Gasteiger partial charge is 0.214 e. The van der Waals surface area contributed by atoms with E-state index < -0.39 is 10.0 Å². The van der Waals surface area contributed by atoms with Crippen LogP contribution in [0.1, 0.15) is 38.7 Å². The van der Waals surface area contributed by atoms with Crippen molar-refractivity contribution >= 4 is 40.0 Å². The Balaban J connectivity index is 0.00000420. The van der Waals surface area contributed by atoms with E-state index in [4.69, 9.17) is 4.74 Å². The molecule has 3 N–H and O–H groups in total. The lowest BCUT2D eigenvalue weighted by atomic mass is 10.1. The van der Waals surface area contributed by atoms with Crippen molar-refractivity contribution in [2.45, 2.75) is 45.7 Å². The molecule has 0 bridgehead atoms. The molecular formula is C19H33IN4O4S. The van der Waals surface area contributed by atoms with Crippen LogP contribution in [0.25, 0.3) is 0 Å². The molecule has 0 spiro atoms. The maximum absolute atomic E-state index is 12.2. The Morgan fingerprint density at radius 1 is 1.31 bits per heavy atom. The molecule has 8 nitrogen and oxygen atoms in total. The van der Waals surface area contributed by atoms with Gasteiger partial charge in [-0.3, -0.25) is 0 Å². The molecule has 0 aliphatic carbocycles. The highest BCUT2D eigenvalue weighted by Crippen LogP contribution is 2.23. The molecule has 0 saturated carbocycles. The Morgan fingerprint density at radius 3 is 2.59 bits per heavy atom. The minimum atomic E-state index is -3.13. The summed E-state index contributed by atoms with van der Waals surface area (Å²) < 4.78 is 31.2. The number of ether oxygens (including phenoxy) is 1. The van der Waals surface area contributed by atoms with Crippen molar-refractivity contribution in [3.8, 4) is 11.5 Å². The van der Waals surface area contributed by atoms with Crippen LogP contribution in [0.5, 0.6) is 11.5 Å². The number of piperidine rings is 1. The fourth-order valence-electron chi connectivity index (χ4n) is 3.16. The van der Waals surface area contributed by atoms with Crippen LogP contribution in [0, 0.1) is 0 Å². The molecule has 0 atom stereocenters. The van der Waals surface area contributed by atoms with Crippen molar-refractivity contribution < 1.29 is 18.3 Å². The van der Waals surface area contributed by atoms with E-state index in [-0.39, 0.29) is 41.5 Å². The lowest BCUT2D eigenvalue weighted by Crippen LogP contribution is -2.50. The van der Waals surface area contributed by atoms with Gasteiger partial charge >= 0.3 is 0 Å². The number of nitrogens with one attached hydrogen (secondary N) is 2. The minimum absolute atomic E-state index is 0. The first-order valence-electron chi connectivity index (χ1n) is 9.78. The number of benzene rings is 1. The van der Waals surface area contributed by atoms with Crippen molar-refractivity contribution in [1.29, 1.82) is 0 Å². The summed E-state index contributed by atoms with van der Waals surface area (Å²) in [5, 5.41) is 16.6. The summed E-state index contributed by atoms with van der Waals surface area (Å²) in [6, 6.07) is 5.22. The summed E-state index contributed by atoms with van der Waals surface area (Å²) >= 11 is 0. The molecule has 0 aromatic heterocycles. The van der Waals surface area contributed by atoms with E-state index in [1.807, 2.05) is 13.8 Å². The summed E-state index contributed by atoms with van der Waals surface area (Å²) in [4.78, 5) is 4.56. The first-order valence-corrected chi connectivity index (χ1v) is 11.4. The Labute approximate surface area is 191 Å². The van der Waals surface area contributed by atoms with Gasteiger partial charge < -0.3 is 20.5 Å².